The number of rotatable bonds is 0. The predicted octanol–water partition coefficient (Wildman–Crippen LogP) is 3.35. The van der Waals surface area contributed by atoms with Crippen LogP contribution in [0.2, 0.25) is 0 Å². The number of hydrogen-bond acceptors (Lipinski definition) is 1. The average molecular weight is 194 g/mol. The summed E-state index contributed by atoms with van der Waals surface area (Å²) in [6.45, 7) is 0. The lowest BCUT2D eigenvalue weighted by Crippen LogP contribution is -1.90. The molecule has 0 saturated heterocycles. The Balaban J connectivity index is 2.91. The summed E-state index contributed by atoms with van der Waals surface area (Å²) in [5.41, 5.74) is 0. The Morgan fingerprint density at radius 1 is 1.27 bits per heavy atom. The van der Waals surface area contributed by atoms with Gasteiger partial charge in [0.2, 0.25) is 0 Å². The van der Waals surface area contributed by atoms with E-state index in [-0.39, 0.29) is 10.3 Å². The van der Waals surface area contributed by atoms with E-state index >= 15 is 0 Å². The Morgan fingerprint density at radius 3 is 2.64 bits per heavy atom. The number of halogens is 3. The van der Waals surface area contributed by atoms with Crippen molar-refractivity contribution in [1.29, 1.82) is 0 Å². The minimum Gasteiger partial charge on any atom is -0.222 e. The van der Waals surface area contributed by atoms with Gasteiger partial charge in [-0.15, -0.1) is 0 Å². The molecule has 0 amide bonds. The van der Waals surface area contributed by atoms with E-state index in [1.807, 2.05) is 0 Å². The van der Waals surface area contributed by atoms with Gasteiger partial charge in [-0.2, -0.15) is 0 Å². The first-order valence-corrected chi connectivity index (χ1v) is 3.91. The zero-order valence-corrected chi connectivity index (χ0v) is 7.16. The molecule has 0 bridgehead atoms. The lowest BCUT2D eigenvalue weighted by molar-refractivity contribution is 0.676. The van der Waals surface area contributed by atoms with Gasteiger partial charge in [0.15, 0.2) is 11.0 Å². The molecule has 1 rings (SSSR count). The number of aliphatic imine (C=N–C) groups is 1. The standard InChI is InChI=1S/C7H6Cl2FN/c8-6-4-2-1-3-5(10)7(9)11-6/h3-4H,1-2H2. The third-order valence-electron chi connectivity index (χ3n) is 1.21. The maximum Gasteiger partial charge on any atom is 0.166 e. The summed E-state index contributed by atoms with van der Waals surface area (Å²) in [6.07, 6.45) is 4.40. The van der Waals surface area contributed by atoms with Crippen molar-refractivity contribution < 1.29 is 4.39 Å². The van der Waals surface area contributed by atoms with Crippen LogP contribution in [0.5, 0.6) is 0 Å². The fourth-order valence-corrected chi connectivity index (χ4v) is 1.09. The molecule has 0 unspecified atom stereocenters. The van der Waals surface area contributed by atoms with Gasteiger partial charge < -0.3 is 0 Å². The molecule has 1 nitrogen and oxygen atoms in total. The summed E-state index contributed by atoms with van der Waals surface area (Å²) in [5, 5.41) is 0.0733. The van der Waals surface area contributed by atoms with E-state index in [0.717, 1.165) is 0 Å². The SMILES string of the molecule is FC1=CCCC=C(Cl)N=C1Cl. The van der Waals surface area contributed by atoms with Gasteiger partial charge in [0.05, 0.1) is 0 Å². The van der Waals surface area contributed by atoms with E-state index < -0.39 is 5.83 Å². The monoisotopic (exact) mass is 193 g/mol. The van der Waals surface area contributed by atoms with Gasteiger partial charge in [0.25, 0.3) is 0 Å². The molecule has 1 aliphatic heterocycles. The van der Waals surface area contributed by atoms with Gasteiger partial charge in [-0.25, -0.2) is 9.38 Å². The first kappa shape index (κ1) is 8.75. The van der Waals surface area contributed by atoms with Crippen LogP contribution in [0.15, 0.2) is 28.1 Å². The Hall–Kier alpha value is -0.340. The fraction of sp³-hybridized carbons (Fsp3) is 0.286. The summed E-state index contributed by atoms with van der Waals surface area (Å²) in [4.78, 5) is 3.58. The second kappa shape index (κ2) is 3.88. The summed E-state index contributed by atoms with van der Waals surface area (Å²) in [5.74, 6) is -0.502. The molecule has 0 atom stereocenters. The van der Waals surface area contributed by atoms with Crippen LogP contribution in [-0.4, -0.2) is 5.17 Å². The highest BCUT2D eigenvalue weighted by atomic mass is 35.5. The first-order chi connectivity index (χ1) is 5.20. The van der Waals surface area contributed by atoms with Gasteiger partial charge in [0, 0.05) is 0 Å². The molecular formula is C7H6Cl2FN. The summed E-state index contributed by atoms with van der Waals surface area (Å²) in [7, 11) is 0. The Labute approximate surface area is 74.2 Å². The molecule has 4 heteroatoms. The smallest absolute Gasteiger partial charge is 0.166 e. The van der Waals surface area contributed by atoms with Crippen LogP contribution in [0.25, 0.3) is 0 Å². The van der Waals surface area contributed by atoms with E-state index in [9.17, 15) is 4.39 Å². The van der Waals surface area contributed by atoms with Crippen molar-refractivity contribution in [3.8, 4) is 0 Å². The highest BCUT2D eigenvalue weighted by Gasteiger charge is 2.04. The van der Waals surface area contributed by atoms with E-state index in [1.54, 1.807) is 6.08 Å². The molecule has 0 N–H and O–H groups in total. The molecule has 0 radical (unpaired) electrons. The van der Waals surface area contributed by atoms with E-state index in [0.29, 0.717) is 12.8 Å². The molecule has 0 spiro atoms. The quantitative estimate of drug-likeness (QED) is 0.524. The van der Waals surface area contributed by atoms with Crippen LogP contribution in [0, 0.1) is 0 Å². The van der Waals surface area contributed by atoms with Gasteiger partial charge in [-0.1, -0.05) is 23.2 Å². The molecule has 0 saturated carbocycles. The molecule has 0 aromatic heterocycles. The van der Waals surface area contributed by atoms with Crippen LogP contribution in [0.1, 0.15) is 12.8 Å². The number of hydrogen-bond donors (Lipinski definition) is 0. The molecule has 1 aliphatic rings. The minimum absolute atomic E-state index is 0.175. The molecule has 0 aliphatic carbocycles. The van der Waals surface area contributed by atoms with Crippen LogP contribution in [-0.2, 0) is 0 Å². The molecule has 11 heavy (non-hydrogen) atoms. The Bertz CT molecular complexity index is 243. The molecule has 0 aromatic carbocycles. The summed E-state index contributed by atoms with van der Waals surface area (Å²) < 4.78 is 12.7. The molecule has 1 heterocycles. The van der Waals surface area contributed by atoms with Gasteiger partial charge in [-0.3, -0.25) is 0 Å². The largest absolute Gasteiger partial charge is 0.222 e. The normalized spacial score (nSPS) is 19.4. The van der Waals surface area contributed by atoms with E-state index in [4.69, 9.17) is 23.2 Å². The Morgan fingerprint density at radius 2 is 1.91 bits per heavy atom. The van der Waals surface area contributed by atoms with Crippen LogP contribution in [0.4, 0.5) is 4.39 Å². The van der Waals surface area contributed by atoms with Crippen molar-refractivity contribution in [2.24, 2.45) is 4.99 Å². The van der Waals surface area contributed by atoms with Crippen molar-refractivity contribution in [3.05, 3.63) is 23.1 Å². The molecule has 60 valence electrons. The molecular weight excluding hydrogens is 188 g/mol. The van der Waals surface area contributed by atoms with Crippen LogP contribution in [0.3, 0.4) is 0 Å². The van der Waals surface area contributed by atoms with Crippen LogP contribution >= 0.6 is 23.2 Å². The zero-order valence-electron chi connectivity index (χ0n) is 5.65. The molecule has 0 fully saturated rings. The van der Waals surface area contributed by atoms with E-state index in [2.05, 4.69) is 4.99 Å². The predicted molar refractivity (Wildman–Crippen MR) is 45.6 cm³/mol. The highest BCUT2D eigenvalue weighted by molar-refractivity contribution is 6.69. The number of allylic oxidation sites excluding steroid dienone is 3. The maximum atomic E-state index is 12.7. The minimum atomic E-state index is -0.502. The topological polar surface area (TPSA) is 12.4 Å². The average Bonchev–Trinajstić information content (AvgIpc) is 1.95. The second-order valence-corrected chi connectivity index (χ2v) is 2.80. The lowest BCUT2D eigenvalue weighted by atomic mass is 10.2. The van der Waals surface area contributed by atoms with E-state index in [1.165, 1.54) is 6.08 Å². The third-order valence-corrected chi connectivity index (χ3v) is 1.71. The molecule has 0 aromatic rings. The lowest BCUT2D eigenvalue weighted by Gasteiger charge is -1.98. The Kier molecular flexibility index (Phi) is 3.09. The van der Waals surface area contributed by atoms with Crippen molar-refractivity contribution in [2.45, 2.75) is 12.8 Å². The summed E-state index contributed by atoms with van der Waals surface area (Å²) in [6, 6.07) is 0. The van der Waals surface area contributed by atoms with Crippen molar-refractivity contribution in [3.63, 3.8) is 0 Å². The fourth-order valence-electron chi connectivity index (χ4n) is 0.690. The summed E-state index contributed by atoms with van der Waals surface area (Å²) >= 11 is 11.0. The third kappa shape index (κ3) is 2.64. The maximum absolute atomic E-state index is 12.7. The van der Waals surface area contributed by atoms with Crippen molar-refractivity contribution in [2.75, 3.05) is 0 Å². The zero-order chi connectivity index (χ0) is 8.27. The second-order valence-electron chi connectivity index (χ2n) is 2.06. The first-order valence-electron chi connectivity index (χ1n) is 3.16. The van der Waals surface area contributed by atoms with Gasteiger partial charge in [0.1, 0.15) is 5.16 Å². The van der Waals surface area contributed by atoms with Crippen LogP contribution < -0.4 is 0 Å². The number of nitrogens with zero attached hydrogens (tertiary/aromatic N) is 1. The highest BCUT2D eigenvalue weighted by Crippen LogP contribution is 2.16. The van der Waals surface area contributed by atoms with Crippen molar-refractivity contribution in [1.82, 2.24) is 0 Å². The van der Waals surface area contributed by atoms with Crippen molar-refractivity contribution >= 4 is 28.4 Å². The van der Waals surface area contributed by atoms with Gasteiger partial charge >= 0.3 is 0 Å². The van der Waals surface area contributed by atoms with Gasteiger partial charge in [-0.05, 0) is 25.0 Å².